The van der Waals surface area contributed by atoms with Gasteiger partial charge in [-0.1, -0.05) is 63.2 Å². The van der Waals surface area contributed by atoms with Gasteiger partial charge in [0.15, 0.2) is 0 Å². The molecular weight excluding hydrogens is 204 g/mol. The van der Waals surface area contributed by atoms with Crippen molar-refractivity contribution in [2.45, 2.75) is 26.2 Å². The molecule has 0 atom stereocenters. The summed E-state index contributed by atoms with van der Waals surface area (Å²) in [7, 11) is 0. The number of benzene rings is 2. The Morgan fingerprint density at radius 1 is 0.824 bits per heavy atom. The van der Waals surface area contributed by atoms with Crippen LogP contribution in [0.2, 0.25) is 0 Å². The summed E-state index contributed by atoms with van der Waals surface area (Å²) in [4.78, 5) is 0. The quantitative estimate of drug-likeness (QED) is 0.525. The summed E-state index contributed by atoms with van der Waals surface area (Å²) in [6, 6.07) is 15.1. The molecule has 0 heterocycles. The second-order valence-electron chi connectivity index (χ2n) is 5.65. The molecule has 84 valence electrons. The molecule has 2 aromatic rings. The molecule has 1 aliphatic carbocycles. The smallest absolute Gasteiger partial charge is 0.0518 e. The molecule has 17 heavy (non-hydrogen) atoms. The third-order valence-corrected chi connectivity index (χ3v) is 3.35. The Morgan fingerprint density at radius 3 is 2.29 bits per heavy atom. The van der Waals surface area contributed by atoms with Gasteiger partial charge < -0.3 is 0 Å². The highest BCUT2D eigenvalue weighted by Crippen LogP contribution is 2.42. The molecule has 0 nitrogen and oxygen atoms in total. The molecule has 0 fully saturated rings. The van der Waals surface area contributed by atoms with Crippen LogP contribution in [-0.4, -0.2) is 0 Å². The monoisotopic (exact) mass is 220 g/mol. The van der Waals surface area contributed by atoms with E-state index < -0.39 is 0 Å². The first-order valence-corrected chi connectivity index (χ1v) is 6.07. The average Bonchev–Trinajstić information content (AvgIpc) is 2.65. The highest BCUT2D eigenvalue weighted by atomic mass is 14.3. The van der Waals surface area contributed by atoms with Crippen molar-refractivity contribution in [1.29, 1.82) is 0 Å². The van der Waals surface area contributed by atoms with Gasteiger partial charge in [-0.2, -0.15) is 0 Å². The lowest BCUT2D eigenvalue weighted by Gasteiger charge is -2.22. The highest BCUT2D eigenvalue weighted by Gasteiger charge is 2.26. The highest BCUT2D eigenvalue weighted by molar-refractivity contribution is 5.82. The van der Waals surface area contributed by atoms with Crippen LogP contribution < -0.4 is 0 Å². The summed E-state index contributed by atoms with van der Waals surface area (Å²) in [5.41, 5.74) is 6.69. The Hall–Kier alpha value is -1.56. The standard InChI is InChI=1S/C17H16/c1-17(2,3)16-10-6-9-14-13-8-5-4-7-12(13)11-15(14)16/h4-10H,1-3H3. The lowest BCUT2D eigenvalue weighted by Crippen LogP contribution is -2.13. The second-order valence-corrected chi connectivity index (χ2v) is 5.65. The van der Waals surface area contributed by atoms with E-state index in [1.165, 1.54) is 27.8 Å². The zero-order valence-corrected chi connectivity index (χ0v) is 10.5. The maximum Gasteiger partial charge on any atom is 0.0518 e. The molecular formula is C17H16. The first kappa shape index (κ1) is 10.6. The van der Waals surface area contributed by atoms with Crippen molar-refractivity contribution in [3.05, 3.63) is 65.6 Å². The van der Waals surface area contributed by atoms with E-state index in [9.17, 15) is 0 Å². The van der Waals surface area contributed by atoms with Crippen LogP contribution in [0.4, 0.5) is 0 Å². The van der Waals surface area contributed by atoms with E-state index in [2.05, 4.69) is 69.7 Å². The zero-order chi connectivity index (χ0) is 12.0. The largest absolute Gasteiger partial charge is 0.0619 e. The Kier molecular flexibility index (Phi) is 2.16. The van der Waals surface area contributed by atoms with Gasteiger partial charge in [-0.15, -0.1) is 0 Å². The first-order chi connectivity index (χ1) is 8.07. The van der Waals surface area contributed by atoms with Crippen LogP contribution >= 0.6 is 0 Å². The summed E-state index contributed by atoms with van der Waals surface area (Å²) >= 11 is 0. The number of hydrogen-bond acceptors (Lipinski definition) is 0. The SMILES string of the molecule is CC(C)(C)c1cccc2c1[C]c1ccccc1-2. The van der Waals surface area contributed by atoms with Crippen LogP contribution in [-0.2, 0) is 5.41 Å². The van der Waals surface area contributed by atoms with E-state index in [-0.39, 0.29) is 5.41 Å². The molecule has 3 rings (SSSR count). The molecule has 0 heteroatoms. The van der Waals surface area contributed by atoms with Gasteiger partial charge in [-0.3, -0.25) is 0 Å². The summed E-state index contributed by atoms with van der Waals surface area (Å²) in [5.74, 6) is 0. The third kappa shape index (κ3) is 1.59. The van der Waals surface area contributed by atoms with E-state index in [4.69, 9.17) is 0 Å². The molecule has 0 N–H and O–H groups in total. The van der Waals surface area contributed by atoms with Crippen LogP contribution in [0.15, 0.2) is 42.5 Å². The Labute approximate surface area is 103 Å². The lowest BCUT2D eigenvalue weighted by molar-refractivity contribution is 0.588. The van der Waals surface area contributed by atoms with Crippen molar-refractivity contribution in [1.82, 2.24) is 0 Å². The van der Waals surface area contributed by atoms with Crippen molar-refractivity contribution < 1.29 is 0 Å². The van der Waals surface area contributed by atoms with Crippen LogP contribution in [0.3, 0.4) is 0 Å². The minimum absolute atomic E-state index is 0.167. The van der Waals surface area contributed by atoms with Crippen molar-refractivity contribution >= 4 is 0 Å². The summed E-state index contributed by atoms with van der Waals surface area (Å²) in [6.45, 7) is 6.77. The van der Waals surface area contributed by atoms with Gasteiger partial charge in [-0.25, -0.2) is 0 Å². The van der Waals surface area contributed by atoms with Crippen LogP contribution in [0.25, 0.3) is 11.1 Å². The lowest BCUT2D eigenvalue weighted by atomic mass is 9.82. The molecule has 0 amide bonds. The predicted molar refractivity (Wildman–Crippen MR) is 72.0 cm³/mol. The van der Waals surface area contributed by atoms with Gasteiger partial charge in [0.05, 0.1) is 6.42 Å². The number of hydrogen-bond donors (Lipinski definition) is 0. The number of fused-ring (bicyclic) bond motifs is 3. The molecule has 0 aromatic heterocycles. The average molecular weight is 220 g/mol. The third-order valence-electron chi connectivity index (χ3n) is 3.35. The van der Waals surface area contributed by atoms with E-state index in [1.807, 2.05) is 0 Å². The van der Waals surface area contributed by atoms with E-state index in [1.54, 1.807) is 0 Å². The van der Waals surface area contributed by atoms with E-state index in [0.717, 1.165) is 0 Å². The van der Waals surface area contributed by atoms with Gasteiger partial charge in [0, 0.05) is 0 Å². The zero-order valence-electron chi connectivity index (χ0n) is 10.5. The van der Waals surface area contributed by atoms with Crippen molar-refractivity contribution in [3.63, 3.8) is 0 Å². The van der Waals surface area contributed by atoms with E-state index in [0.29, 0.717) is 0 Å². The fourth-order valence-electron chi connectivity index (χ4n) is 2.50. The van der Waals surface area contributed by atoms with Gasteiger partial charge in [0.25, 0.3) is 0 Å². The topological polar surface area (TPSA) is 0 Å². The maximum absolute atomic E-state index is 3.55. The summed E-state index contributed by atoms with van der Waals surface area (Å²) in [6.07, 6.45) is 3.55. The molecule has 0 spiro atoms. The second kappa shape index (κ2) is 3.46. The Bertz CT molecular complexity index is 571. The number of rotatable bonds is 0. The molecule has 1 aliphatic rings. The Morgan fingerprint density at radius 2 is 1.53 bits per heavy atom. The van der Waals surface area contributed by atoms with Crippen LogP contribution in [0.5, 0.6) is 0 Å². The van der Waals surface area contributed by atoms with Crippen LogP contribution in [0, 0.1) is 6.42 Å². The molecule has 0 aliphatic heterocycles. The summed E-state index contributed by atoms with van der Waals surface area (Å²) < 4.78 is 0. The van der Waals surface area contributed by atoms with Gasteiger partial charge in [0.1, 0.15) is 0 Å². The van der Waals surface area contributed by atoms with Gasteiger partial charge >= 0.3 is 0 Å². The molecule has 0 saturated carbocycles. The Balaban J connectivity index is 2.24. The molecule has 2 aromatic carbocycles. The maximum atomic E-state index is 3.55. The van der Waals surface area contributed by atoms with Crippen molar-refractivity contribution in [2.75, 3.05) is 0 Å². The van der Waals surface area contributed by atoms with Gasteiger partial charge in [-0.05, 0) is 33.2 Å². The minimum atomic E-state index is 0.167. The first-order valence-electron chi connectivity index (χ1n) is 6.07. The molecule has 0 bridgehead atoms. The van der Waals surface area contributed by atoms with E-state index >= 15 is 0 Å². The predicted octanol–water partition coefficient (Wildman–Crippen LogP) is 4.44. The molecule has 2 radical (unpaired) electrons. The molecule has 0 saturated heterocycles. The minimum Gasteiger partial charge on any atom is -0.0619 e. The summed E-state index contributed by atoms with van der Waals surface area (Å²) in [5, 5.41) is 0. The van der Waals surface area contributed by atoms with Crippen molar-refractivity contribution in [3.8, 4) is 11.1 Å². The normalized spacial score (nSPS) is 13.4. The van der Waals surface area contributed by atoms with Gasteiger partial charge in [0.2, 0.25) is 0 Å². The van der Waals surface area contributed by atoms with Crippen molar-refractivity contribution in [2.24, 2.45) is 0 Å². The fourth-order valence-corrected chi connectivity index (χ4v) is 2.50. The van der Waals surface area contributed by atoms with Crippen LogP contribution in [0.1, 0.15) is 37.5 Å². The fraction of sp³-hybridized carbons (Fsp3) is 0.235. The molecule has 0 unspecified atom stereocenters.